The number of rotatable bonds is 4. The molecule has 1 rings (SSSR count). The van der Waals surface area contributed by atoms with Crippen molar-refractivity contribution >= 4 is 5.91 Å². The van der Waals surface area contributed by atoms with Crippen LogP contribution in [0.2, 0.25) is 0 Å². The standard InChI is InChI=1S/C11H19NO2/c1-4-7-11(14)8-12-9(13)10(11,5-2)6-3/h4,14H,1,5-8H2,2-3H3,(H,12,13). The van der Waals surface area contributed by atoms with Crippen LogP contribution in [0.1, 0.15) is 33.1 Å². The van der Waals surface area contributed by atoms with E-state index in [1.54, 1.807) is 6.08 Å². The number of aliphatic hydroxyl groups is 1. The Kier molecular flexibility index (Phi) is 3.00. The largest absolute Gasteiger partial charge is 0.387 e. The summed E-state index contributed by atoms with van der Waals surface area (Å²) < 4.78 is 0. The molecule has 0 bridgehead atoms. The highest BCUT2D eigenvalue weighted by atomic mass is 16.3. The van der Waals surface area contributed by atoms with Crippen molar-refractivity contribution in [2.45, 2.75) is 38.7 Å². The smallest absolute Gasteiger partial charge is 0.229 e. The molecule has 0 radical (unpaired) electrons. The number of hydrogen-bond donors (Lipinski definition) is 2. The second kappa shape index (κ2) is 3.73. The van der Waals surface area contributed by atoms with E-state index < -0.39 is 11.0 Å². The van der Waals surface area contributed by atoms with E-state index in [9.17, 15) is 9.90 Å². The van der Waals surface area contributed by atoms with Gasteiger partial charge in [-0.25, -0.2) is 0 Å². The van der Waals surface area contributed by atoms with Crippen molar-refractivity contribution in [1.29, 1.82) is 0 Å². The molecule has 0 spiro atoms. The van der Waals surface area contributed by atoms with Crippen LogP contribution in [0, 0.1) is 5.41 Å². The molecule has 0 saturated carbocycles. The molecule has 0 aromatic heterocycles. The van der Waals surface area contributed by atoms with Gasteiger partial charge in [-0.15, -0.1) is 6.58 Å². The van der Waals surface area contributed by atoms with Crippen LogP contribution >= 0.6 is 0 Å². The van der Waals surface area contributed by atoms with Crippen molar-refractivity contribution in [3.8, 4) is 0 Å². The molecule has 1 aliphatic rings. The summed E-state index contributed by atoms with van der Waals surface area (Å²) in [6.07, 6.45) is 3.48. The van der Waals surface area contributed by atoms with Crippen LogP contribution < -0.4 is 5.32 Å². The molecule has 0 aromatic carbocycles. The maximum absolute atomic E-state index is 11.7. The zero-order valence-electron chi connectivity index (χ0n) is 8.97. The minimum atomic E-state index is -0.949. The summed E-state index contributed by atoms with van der Waals surface area (Å²) in [6.45, 7) is 7.87. The summed E-state index contributed by atoms with van der Waals surface area (Å²) in [5, 5.41) is 13.2. The zero-order chi connectivity index (χ0) is 10.8. The Bertz CT molecular complexity index is 246. The van der Waals surface area contributed by atoms with Crippen molar-refractivity contribution in [2.24, 2.45) is 5.41 Å². The lowest BCUT2D eigenvalue weighted by atomic mass is 9.68. The second-order valence-corrected chi connectivity index (χ2v) is 4.00. The Balaban J connectivity index is 3.06. The number of amides is 1. The molecule has 1 fully saturated rings. The van der Waals surface area contributed by atoms with E-state index in [2.05, 4.69) is 11.9 Å². The maximum Gasteiger partial charge on any atom is 0.229 e. The molecule has 1 aliphatic heterocycles. The van der Waals surface area contributed by atoms with Gasteiger partial charge in [-0.3, -0.25) is 4.79 Å². The Morgan fingerprint density at radius 3 is 2.57 bits per heavy atom. The van der Waals surface area contributed by atoms with Crippen molar-refractivity contribution < 1.29 is 9.90 Å². The lowest BCUT2D eigenvalue weighted by Gasteiger charge is -2.37. The summed E-state index contributed by atoms with van der Waals surface area (Å²) in [5.74, 6) is -0.0214. The van der Waals surface area contributed by atoms with Crippen LogP contribution in [-0.4, -0.2) is 23.2 Å². The molecular formula is C11H19NO2. The average molecular weight is 197 g/mol. The van der Waals surface area contributed by atoms with Gasteiger partial charge in [0.05, 0.1) is 11.0 Å². The van der Waals surface area contributed by atoms with E-state index in [-0.39, 0.29) is 5.91 Å². The van der Waals surface area contributed by atoms with Gasteiger partial charge >= 0.3 is 0 Å². The molecule has 14 heavy (non-hydrogen) atoms. The molecule has 80 valence electrons. The number of carbonyl (C=O) groups is 1. The molecule has 1 amide bonds. The third-order valence-electron chi connectivity index (χ3n) is 3.56. The predicted molar refractivity (Wildman–Crippen MR) is 55.8 cm³/mol. The van der Waals surface area contributed by atoms with Crippen LogP contribution in [0.4, 0.5) is 0 Å². The normalized spacial score (nSPS) is 30.1. The summed E-state index contributed by atoms with van der Waals surface area (Å²) in [7, 11) is 0. The highest BCUT2D eigenvalue weighted by Crippen LogP contribution is 2.44. The van der Waals surface area contributed by atoms with Gasteiger partial charge < -0.3 is 10.4 Å². The Morgan fingerprint density at radius 2 is 2.14 bits per heavy atom. The van der Waals surface area contributed by atoms with Gasteiger partial charge in [0.15, 0.2) is 0 Å². The first-order valence-electron chi connectivity index (χ1n) is 5.18. The Labute approximate surface area is 85.2 Å². The quantitative estimate of drug-likeness (QED) is 0.666. The summed E-state index contributed by atoms with van der Waals surface area (Å²) >= 11 is 0. The lowest BCUT2D eigenvalue weighted by Crippen LogP contribution is -2.48. The minimum Gasteiger partial charge on any atom is -0.387 e. The molecule has 0 aliphatic carbocycles. The molecule has 1 saturated heterocycles. The van der Waals surface area contributed by atoms with E-state index in [1.807, 2.05) is 13.8 Å². The average Bonchev–Trinajstić information content (AvgIpc) is 2.41. The molecule has 3 nitrogen and oxygen atoms in total. The number of hydrogen-bond acceptors (Lipinski definition) is 2. The lowest BCUT2D eigenvalue weighted by molar-refractivity contribution is -0.138. The fourth-order valence-corrected chi connectivity index (χ4v) is 2.51. The van der Waals surface area contributed by atoms with Gasteiger partial charge in [0, 0.05) is 6.54 Å². The van der Waals surface area contributed by atoms with Gasteiger partial charge in [-0.05, 0) is 19.3 Å². The van der Waals surface area contributed by atoms with Crippen molar-refractivity contribution in [3.05, 3.63) is 12.7 Å². The van der Waals surface area contributed by atoms with Gasteiger partial charge in [0.25, 0.3) is 0 Å². The summed E-state index contributed by atoms with van der Waals surface area (Å²) in [6, 6.07) is 0. The van der Waals surface area contributed by atoms with Gasteiger partial charge in [-0.2, -0.15) is 0 Å². The first kappa shape index (κ1) is 11.2. The molecule has 2 N–H and O–H groups in total. The monoisotopic (exact) mass is 197 g/mol. The molecule has 0 aromatic rings. The van der Waals surface area contributed by atoms with Crippen LogP contribution in [0.3, 0.4) is 0 Å². The minimum absolute atomic E-state index is 0.0214. The van der Waals surface area contributed by atoms with Gasteiger partial charge in [0.2, 0.25) is 5.91 Å². The molecule has 1 heterocycles. The van der Waals surface area contributed by atoms with Crippen LogP contribution in [0.15, 0.2) is 12.7 Å². The third kappa shape index (κ3) is 1.27. The Morgan fingerprint density at radius 1 is 1.57 bits per heavy atom. The van der Waals surface area contributed by atoms with Crippen molar-refractivity contribution in [3.63, 3.8) is 0 Å². The Hall–Kier alpha value is -0.830. The first-order chi connectivity index (χ1) is 6.56. The number of carbonyl (C=O) groups excluding carboxylic acids is 1. The van der Waals surface area contributed by atoms with E-state index in [0.717, 1.165) is 0 Å². The second-order valence-electron chi connectivity index (χ2n) is 4.00. The first-order valence-corrected chi connectivity index (χ1v) is 5.18. The maximum atomic E-state index is 11.7. The topological polar surface area (TPSA) is 49.3 Å². The predicted octanol–water partition coefficient (Wildman–Crippen LogP) is 1.23. The SMILES string of the molecule is C=CCC1(O)CNC(=O)C1(CC)CC. The number of β-amino-alcohol motifs (C(OH)–C–C–N with tert-alkyl or cyclic N) is 1. The van der Waals surface area contributed by atoms with Gasteiger partial charge in [0.1, 0.15) is 0 Å². The zero-order valence-corrected chi connectivity index (χ0v) is 8.97. The molecule has 1 atom stereocenters. The van der Waals surface area contributed by atoms with Crippen LogP contribution in [-0.2, 0) is 4.79 Å². The van der Waals surface area contributed by atoms with Crippen LogP contribution in [0.25, 0.3) is 0 Å². The van der Waals surface area contributed by atoms with E-state index in [4.69, 9.17) is 0 Å². The van der Waals surface area contributed by atoms with Crippen molar-refractivity contribution in [2.75, 3.05) is 6.54 Å². The van der Waals surface area contributed by atoms with Gasteiger partial charge in [-0.1, -0.05) is 19.9 Å². The summed E-state index contributed by atoms with van der Waals surface area (Å²) in [4.78, 5) is 11.7. The summed E-state index contributed by atoms with van der Waals surface area (Å²) in [5.41, 5.74) is -1.57. The molecular weight excluding hydrogens is 178 g/mol. The third-order valence-corrected chi connectivity index (χ3v) is 3.56. The fourth-order valence-electron chi connectivity index (χ4n) is 2.51. The van der Waals surface area contributed by atoms with E-state index in [1.165, 1.54) is 0 Å². The van der Waals surface area contributed by atoms with Crippen LogP contribution in [0.5, 0.6) is 0 Å². The molecule has 1 unspecified atom stereocenters. The number of nitrogens with one attached hydrogen (secondary N) is 1. The molecule has 3 heteroatoms. The highest BCUT2D eigenvalue weighted by molar-refractivity contribution is 5.86. The highest BCUT2D eigenvalue weighted by Gasteiger charge is 2.57. The van der Waals surface area contributed by atoms with Crippen molar-refractivity contribution in [1.82, 2.24) is 5.32 Å². The van der Waals surface area contributed by atoms with E-state index >= 15 is 0 Å². The van der Waals surface area contributed by atoms with E-state index in [0.29, 0.717) is 25.8 Å². The fraction of sp³-hybridized carbons (Fsp3) is 0.727.